The van der Waals surface area contributed by atoms with E-state index in [1.165, 1.54) is 12.5 Å². The maximum atomic E-state index is 13.5. The van der Waals surface area contributed by atoms with Crippen LogP contribution in [0.15, 0.2) is 51.8 Å². The number of halogens is 3. The molecule has 3 aromatic heterocycles. The number of fused-ring (bicyclic) bond motifs is 1. The highest BCUT2D eigenvalue weighted by molar-refractivity contribution is 5.98. The van der Waals surface area contributed by atoms with Gasteiger partial charge in [-0.15, -0.1) is 0 Å². The molecule has 1 amide bonds. The summed E-state index contributed by atoms with van der Waals surface area (Å²) < 4.78 is 51.8. The summed E-state index contributed by atoms with van der Waals surface area (Å²) in [5, 5.41) is 9.36. The van der Waals surface area contributed by atoms with Crippen molar-refractivity contribution in [3.05, 3.63) is 60.1 Å². The van der Waals surface area contributed by atoms with E-state index in [1.807, 2.05) is 0 Å². The second-order valence-electron chi connectivity index (χ2n) is 6.12. The van der Waals surface area contributed by atoms with E-state index >= 15 is 0 Å². The van der Waals surface area contributed by atoms with E-state index in [9.17, 15) is 18.0 Å². The zero-order valence-corrected chi connectivity index (χ0v) is 13.9. The molecular formula is C17H15F3N4O3. The Hall–Kier alpha value is -3.17. The minimum absolute atomic E-state index is 0.00178. The maximum Gasteiger partial charge on any atom is 0.410 e. The Morgan fingerprint density at radius 1 is 1.30 bits per heavy atom. The van der Waals surface area contributed by atoms with E-state index in [0.29, 0.717) is 11.5 Å². The lowest BCUT2D eigenvalue weighted by molar-refractivity contribution is -0.174. The predicted octanol–water partition coefficient (Wildman–Crippen LogP) is 3.66. The van der Waals surface area contributed by atoms with Crippen molar-refractivity contribution in [2.75, 3.05) is 5.32 Å². The van der Waals surface area contributed by atoms with Crippen LogP contribution in [0.2, 0.25) is 0 Å². The number of nitrogens with zero attached hydrogens (tertiary/aromatic N) is 2. The number of alkyl halides is 3. The molecule has 1 aliphatic rings. The molecule has 0 radical (unpaired) electrons. The number of amides is 1. The molecule has 2 N–H and O–H groups in total. The molecule has 0 saturated heterocycles. The van der Waals surface area contributed by atoms with Crippen molar-refractivity contribution in [3.63, 3.8) is 0 Å². The lowest BCUT2D eigenvalue weighted by atomic mass is 10.0. The fraction of sp³-hybridized carbons (Fsp3) is 0.294. The summed E-state index contributed by atoms with van der Waals surface area (Å²) >= 11 is 0. The summed E-state index contributed by atoms with van der Waals surface area (Å²) in [5.74, 6) is 0.334. The summed E-state index contributed by atoms with van der Waals surface area (Å²) in [6.07, 6.45) is -0.826. The van der Waals surface area contributed by atoms with Gasteiger partial charge in [-0.2, -0.15) is 18.3 Å². The number of rotatable bonds is 4. The van der Waals surface area contributed by atoms with Crippen LogP contribution in [0, 0.1) is 0 Å². The van der Waals surface area contributed by atoms with Crippen LogP contribution in [-0.2, 0) is 6.54 Å². The van der Waals surface area contributed by atoms with E-state index in [2.05, 4.69) is 15.7 Å². The standard InChI is InChI=1S/C17H15F3N4O3/c18-17(19,20)14-7-12(13-4-2-6-27-13)23-15-11(9-22-24(14)15)16(25)21-8-10-3-1-5-26-10/h1-6,9,12,14,23H,7-8H2,(H,21,25)/t12-,14+/m1/s1. The first-order chi connectivity index (χ1) is 12.9. The van der Waals surface area contributed by atoms with Gasteiger partial charge in [0.25, 0.3) is 5.91 Å². The molecule has 0 unspecified atom stereocenters. The van der Waals surface area contributed by atoms with Crippen LogP contribution in [0.3, 0.4) is 0 Å². The third kappa shape index (κ3) is 3.29. The number of hydrogen-bond donors (Lipinski definition) is 2. The van der Waals surface area contributed by atoms with Crippen LogP contribution >= 0.6 is 0 Å². The molecule has 4 rings (SSSR count). The molecule has 10 heteroatoms. The highest BCUT2D eigenvalue weighted by Crippen LogP contribution is 2.44. The van der Waals surface area contributed by atoms with Gasteiger partial charge in [0.15, 0.2) is 6.04 Å². The van der Waals surface area contributed by atoms with Crippen molar-refractivity contribution in [2.24, 2.45) is 0 Å². The van der Waals surface area contributed by atoms with Gasteiger partial charge in [0.2, 0.25) is 0 Å². The number of carbonyl (C=O) groups excluding carboxylic acids is 1. The molecule has 3 aromatic rings. The van der Waals surface area contributed by atoms with Gasteiger partial charge in [-0.3, -0.25) is 4.79 Å². The Balaban J connectivity index is 1.63. The molecule has 7 nitrogen and oxygen atoms in total. The highest BCUT2D eigenvalue weighted by atomic mass is 19.4. The normalized spacial score (nSPS) is 19.4. The monoisotopic (exact) mass is 380 g/mol. The van der Waals surface area contributed by atoms with Crippen molar-refractivity contribution >= 4 is 11.7 Å². The fourth-order valence-electron chi connectivity index (χ4n) is 3.08. The fourth-order valence-corrected chi connectivity index (χ4v) is 3.08. The quantitative estimate of drug-likeness (QED) is 0.722. The predicted molar refractivity (Wildman–Crippen MR) is 86.9 cm³/mol. The first-order valence-electron chi connectivity index (χ1n) is 8.18. The first kappa shape index (κ1) is 17.3. The van der Waals surface area contributed by atoms with Gasteiger partial charge in [-0.25, -0.2) is 4.68 Å². The van der Waals surface area contributed by atoms with Crippen LogP contribution in [0.1, 0.15) is 40.4 Å². The van der Waals surface area contributed by atoms with Crippen molar-refractivity contribution in [2.45, 2.75) is 31.2 Å². The molecule has 0 spiro atoms. The maximum absolute atomic E-state index is 13.5. The largest absolute Gasteiger partial charge is 0.467 e. The van der Waals surface area contributed by atoms with Gasteiger partial charge in [-0.05, 0) is 24.3 Å². The van der Waals surface area contributed by atoms with Crippen LogP contribution in [0.4, 0.5) is 19.0 Å². The molecule has 27 heavy (non-hydrogen) atoms. The SMILES string of the molecule is O=C(NCc1ccco1)c1cnn2c1N[C@@H](c1ccco1)C[C@H]2C(F)(F)F. The average Bonchev–Trinajstić information content (AvgIpc) is 3.39. The summed E-state index contributed by atoms with van der Waals surface area (Å²) in [6.45, 7) is 0.112. The summed E-state index contributed by atoms with van der Waals surface area (Å²) in [7, 11) is 0. The van der Waals surface area contributed by atoms with E-state index in [4.69, 9.17) is 8.83 Å². The number of furan rings is 2. The summed E-state index contributed by atoms with van der Waals surface area (Å²) in [6, 6.07) is 3.95. The Morgan fingerprint density at radius 3 is 2.74 bits per heavy atom. The Bertz CT molecular complexity index is 916. The summed E-state index contributed by atoms with van der Waals surface area (Å²) in [4.78, 5) is 12.5. The van der Waals surface area contributed by atoms with Crippen molar-refractivity contribution in [1.82, 2.24) is 15.1 Å². The molecule has 0 fully saturated rings. The zero-order valence-electron chi connectivity index (χ0n) is 13.9. The van der Waals surface area contributed by atoms with Crippen LogP contribution in [0.25, 0.3) is 0 Å². The number of aromatic nitrogens is 2. The zero-order chi connectivity index (χ0) is 19.0. The smallest absolute Gasteiger partial charge is 0.410 e. The van der Waals surface area contributed by atoms with Gasteiger partial charge >= 0.3 is 6.18 Å². The minimum atomic E-state index is -4.52. The van der Waals surface area contributed by atoms with E-state index in [0.717, 1.165) is 10.9 Å². The van der Waals surface area contributed by atoms with E-state index in [1.54, 1.807) is 24.3 Å². The van der Waals surface area contributed by atoms with Gasteiger partial charge in [-0.1, -0.05) is 0 Å². The highest BCUT2D eigenvalue weighted by Gasteiger charge is 2.47. The van der Waals surface area contributed by atoms with Gasteiger partial charge in [0.05, 0.1) is 31.3 Å². The first-order valence-corrected chi connectivity index (χ1v) is 8.18. The van der Waals surface area contributed by atoms with Gasteiger partial charge < -0.3 is 19.5 Å². The number of hydrogen-bond acceptors (Lipinski definition) is 5. The van der Waals surface area contributed by atoms with Crippen molar-refractivity contribution in [1.29, 1.82) is 0 Å². The van der Waals surface area contributed by atoms with Gasteiger partial charge in [0.1, 0.15) is 22.9 Å². The number of anilines is 1. The van der Waals surface area contributed by atoms with E-state index < -0.39 is 24.2 Å². The summed E-state index contributed by atoms with van der Waals surface area (Å²) in [5.41, 5.74) is 0.0204. The number of nitrogens with one attached hydrogen (secondary N) is 2. The van der Waals surface area contributed by atoms with Gasteiger partial charge in [0, 0.05) is 6.42 Å². The molecule has 0 aliphatic carbocycles. The second kappa shape index (κ2) is 6.53. The molecule has 0 aromatic carbocycles. The third-order valence-electron chi connectivity index (χ3n) is 4.37. The Labute approximate surface area is 151 Å². The Morgan fingerprint density at radius 2 is 2.07 bits per heavy atom. The third-order valence-corrected chi connectivity index (χ3v) is 4.37. The van der Waals surface area contributed by atoms with Crippen molar-refractivity contribution < 1.29 is 26.8 Å². The Kier molecular flexibility index (Phi) is 4.17. The molecular weight excluding hydrogens is 365 g/mol. The molecule has 1 aliphatic heterocycles. The van der Waals surface area contributed by atoms with Crippen LogP contribution in [0.5, 0.6) is 0 Å². The van der Waals surface area contributed by atoms with E-state index in [-0.39, 0.29) is 24.3 Å². The number of carbonyl (C=O) groups is 1. The molecule has 142 valence electrons. The topological polar surface area (TPSA) is 85.2 Å². The lowest BCUT2D eigenvalue weighted by Crippen LogP contribution is -2.36. The second-order valence-corrected chi connectivity index (χ2v) is 6.12. The van der Waals surface area contributed by atoms with Crippen LogP contribution in [-0.4, -0.2) is 21.9 Å². The minimum Gasteiger partial charge on any atom is -0.467 e. The van der Waals surface area contributed by atoms with Crippen molar-refractivity contribution in [3.8, 4) is 0 Å². The molecule has 4 heterocycles. The molecule has 0 bridgehead atoms. The lowest BCUT2D eigenvalue weighted by Gasteiger charge is -2.32. The average molecular weight is 380 g/mol. The molecule has 0 saturated carbocycles. The van der Waals surface area contributed by atoms with Crippen LogP contribution < -0.4 is 10.6 Å². The molecule has 2 atom stereocenters.